The summed E-state index contributed by atoms with van der Waals surface area (Å²) in [4.78, 5) is 28.6. The number of H-pyrrole nitrogens is 1. The molecule has 0 bridgehead atoms. The van der Waals surface area contributed by atoms with Gasteiger partial charge in [-0.3, -0.25) is 9.78 Å². The van der Waals surface area contributed by atoms with E-state index in [9.17, 15) is 23.5 Å². The fourth-order valence-electron chi connectivity index (χ4n) is 3.87. The minimum atomic E-state index is -1.15. The van der Waals surface area contributed by atoms with Crippen molar-refractivity contribution in [3.05, 3.63) is 79.1 Å². The van der Waals surface area contributed by atoms with Crippen LogP contribution in [0.1, 0.15) is 24.0 Å². The lowest BCUT2D eigenvalue weighted by atomic mass is 10.2. The first kappa shape index (κ1) is 24.9. The van der Waals surface area contributed by atoms with E-state index >= 15 is 4.39 Å². The molecule has 0 spiro atoms. The number of aliphatic hydroxyl groups is 1. The van der Waals surface area contributed by atoms with Gasteiger partial charge in [0.25, 0.3) is 5.56 Å². The van der Waals surface area contributed by atoms with Crippen molar-refractivity contribution in [2.24, 2.45) is 5.92 Å². The van der Waals surface area contributed by atoms with E-state index in [1.54, 1.807) is 0 Å². The molecule has 2 aromatic carbocycles. The minimum Gasteiger partial charge on any atom is -0.493 e. The Bertz CT molecular complexity index is 1610. The monoisotopic (exact) mass is 534 g/mol. The predicted molar refractivity (Wildman–Crippen MR) is 129 cm³/mol. The van der Waals surface area contributed by atoms with Crippen molar-refractivity contribution in [1.29, 1.82) is 0 Å². The molecule has 2 aromatic heterocycles. The first-order chi connectivity index (χ1) is 17.8. The number of aromatic nitrogens is 2. The molecule has 0 amide bonds. The normalized spacial score (nSPS) is 13.2. The second kappa shape index (κ2) is 9.94. The maximum Gasteiger partial charge on any atom is 0.334 e. The molecule has 1 fully saturated rings. The number of methoxy groups -OCH3 is 1. The molecule has 1 saturated carbocycles. The lowest BCUT2D eigenvalue weighted by molar-refractivity contribution is 0.254. The maximum atomic E-state index is 15.1. The van der Waals surface area contributed by atoms with E-state index in [1.165, 1.54) is 18.6 Å². The largest absolute Gasteiger partial charge is 0.493 e. The molecule has 0 atom stereocenters. The molecule has 0 aliphatic heterocycles. The highest BCUT2D eigenvalue weighted by Crippen LogP contribution is 2.35. The van der Waals surface area contributed by atoms with Crippen LogP contribution < -0.4 is 25.5 Å². The summed E-state index contributed by atoms with van der Waals surface area (Å²) < 4.78 is 60.8. The van der Waals surface area contributed by atoms with Crippen molar-refractivity contribution in [2.75, 3.05) is 13.7 Å². The Morgan fingerprint density at radius 3 is 2.57 bits per heavy atom. The van der Waals surface area contributed by atoms with Crippen molar-refractivity contribution in [2.45, 2.75) is 26.1 Å². The highest BCUT2D eigenvalue weighted by atomic mass is 32.1. The lowest BCUT2D eigenvalue weighted by Crippen LogP contribution is -2.34. The van der Waals surface area contributed by atoms with E-state index in [-0.39, 0.29) is 38.6 Å². The van der Waals surface area contributed by atoms with Gasteiger partial charge in [-0.05, 0) is 36.3 Å². The SMILES string of the molecule is COc1cc(F)c(-n2c(=O)[nH]c3scc(CO)c3c2=O)cc1OCc1c(OCC2CC2)ccc(F)c1F. The second-order valence-electron chi connectivity index (χ2n) is 8.53. The summed E-state index contributed by atoms with van der Waals surface area (Å²) in [5, 5.41) is 11.1. The number of hydrogen-bond acceptors (Lipinski definition) is 7. The first-order valence-corrected chi connectivity index (χ1v) is 12.2. The summed E-state index contributed by atoms with van der Waals surface area (Å²) in [5.41, 5.74) is -2.11. The Morgan fingerprint density at radius 1 is 1.08 bits per heavy atom. The Balaban J connectivity index is 1.55. The summed E-state index contributed by atoms with van der Waals surface area (Å²) in [7, 11) is 1.25. The molecule has 0 saturated heterocycles. The Labute approximate surface area is 211 Å². The van der Waals surface area contributed by atoms with Crippen molar-refractivity contribution < 1.29 is 32.5 Å². The van der Waals surface area contributed by atoms with Gasteiger partial charge < -0.3 is 19.3 Å². The minimum absolute atomic E-state index is 0.0454. The zero-order chi connectivity index (χ0) is 26.3. The zero-order valence-corrected chi connectivity index (χ0v) is 20.3. The number of aliphatic hydroxyl groups excluding tert-OH is 1. The van der Waals surface area contributed by atoms with Gasteiger partial charge in [-0.1, -0.05) is 0 Å². The fourth-order valence-corrected chi connectivity index (χ4v) is 4.80. The summed E-state index contributed by atoms with van der Waals surface area (Å²) in [6, 6.07) is 4.23. The van der Waals surface area contributed by atoms with Crippen LogP contribution in [0.2, 0.25) is 0 Å². The molecule has 4 aromatic rings. The van der Waals surface area contributed by atoms with Crippen LogP contribution in [0.5, 0.6) is 17.2 Å². The predicted octanol–water partition coefficient (Wildman–Crippen LogP) is 4.03. The van der Waals surface area contributed by atoms with E-state index in [0.29, 0.717) is 17.1 Å². The van der Waals surface area contributed by atoms with Gasteiger partial charge >= 0.3 is 5.69 Å². The standard InChI is InChI=1S/C25H21F3N2O6S/c1-34-19-6-16(27)17(30-24(32)21-13(8-31)11-37-23(21)29-25(30)33)7-20(19)36-10-14-18(35-9-12-2-3-12)5-4-15(26)22(14)28/h4-7,11-12,31H,2-3,8-10H2,1H3,(H,29,33). The maximum absolute atomic E-state index is 15.1. The van der Waals surface area contributed by atoms with Gasteiger partial charge in [-0.15, -0.1) is 11.3 Å². The van der Waals surface area contributed by atoms with E-state index in [2.05, 4.69) is 4.98 Å². The van der Waals surface area contributed by atoms with Gasteiger partial charge in [0.2, 0.25) is 0 Å². The molecule has 12 heteroatoms. The highest BCUT2D eigenvalue weighted by molar-refractivity contribution is 7.16. The number of ether oxygens (including phenoxy) is 3. The number of thiophene rings is 1. The fraction of sp³-hybridized carbons (Fsp3) is 0.280. The van der Waals surface area contributed by atoms with Crippen molar-refractivity contribution in [3.8, 4) is 22.9 Å². The summed E-state index contributed by atoms with van der Waals surface area (Å²) >= 11 is 1.06. The summed E-state index contributed by atoms with van der Waals surface area (Å²) in [5.74, 6) is -2.97. The zero-order valence-electron chi connectivity index (χ0n) is 19.5. The van der Waals surface area contributed by atoms with Crippen LogP contribution in [0.4, 0.5) is 13.2 Å². The third-order valence-corrected chi connectivity index (χ3v) is 6.99. The van der Waals surface area contributed by atoms with Crippen LogP contribution in [0.25, 0.3) is 15.9 Å². The number of benzene rings is 2. The highest BCUT2D eigenvalue weighted by Gasteiger charge is 2.24. The van der Waals surface area contributed by atoms with Gasteiger partial charge in [-0.2, -0.15) is 0 Å². The van der Waals surface area contributed by atoms with Gasteiger partial charge in [-0.25, -0.2) is 22.5 Å². The number of nitrogens with zero attached hydrogens (tertiary/aromatic N) is 1. The van der Waals surface area contributed by atoms with Crippen molar-refractivity contribution in [3.63, 3.8) is 0 Å². The van der Waals surface area contributed by atoms with Crippen LogP contribution in [-0.2, 0) is 13.2 Å². The van der Waals surface area contributed by atoms with Crippen LogP contribution in [-0.4, -0.2) is 28.4 Å². The van der Waals surface area contributed by atoms with E-state index < -0.39 is 47.6 Å². The van der Waals surface area contributed by atoms with Gasteiger partial charge in [0.15, 0.2) is 29.0 Å². The Hall–Kier alpha value is -3.77. The Morgan fingerprint density at radius 2 is 1.86 bits per heavy atom. The molecule has 1 aliphatic rings. The number of nitrogens with one attached hydrogen (secondary N) is 1. The van der Waals surface area contributed by atoms with Crippen LogP contribution >= 0.6 is 11.3 Å². The number of aromatic amines is 1. The van der Waals surface area contributed by atoms with Crippen LogP contribution in [0.3, 0.4) is 0 Å². The van der Waals surface area contributed by atoms with Crippen LogP contribution in [0, 0.1) is 23.4 Å². The van der Waals surface area contributed by atoms with Gasteiger partial charge in [0, 0.05) is 17.7 Å². The first-order valence-electron chi connectivity index (χ1n) is 11.3. The molecule has 2 heterocycles. The van der Waals surface area contributed by atoms with Crippen molar-refractivity contribution >= 4 is 21.6 Å². The van der Waals surface area contributed by atoms with Crippen molar-refractivity contribution in [1.82, 2.24) is 9.55 Å². The molecule has 194 valence electrons. The van der Waals surface area contributed by atoms with Gasteiger partial charge in [0.1, 0.15) is 17.2 Å². The van der Waals surface area contributed by atoms with Gasteiger partial charge in [0.05, 0.1) is 37.0 Å². The molecule has 37 heavy (non-hydrogen) atoms. The lowest BCUT2D eigenvalue weighted by Gasteiger charge is -2.16. The molecule has 5 rings (SSSR count). The van der Waals surface area contributed by atoms with Crippen LogP contribution in [0.15, 0.2) is 39.2 Å². The number of halogens is 3. The average molecular weight is 535 g/mol. The second-order valence-corrected chi connectivity index (χ2v) is 9.41. The third-order valence-electron chi connectivity index (χ3n) is 6.05. The smallest absolute Gasteiger partial charge is 0.334 e. The Kier molecular flexibility index (Phi) is 6.69. The summed E-state index contributed by atoms with van der Waals surface area (Å²) in [6.45, 7) is -0.603. The van der Waals surface area contributed by atoms with E-state index in [4.69, 9.17) is 14.2 Å². The third kappa shape index (κ3) is 4.69. The molecule has 0 radical (unpaired) electrons. The van der Waals surface area contributed by atoms with E-state index in [0.717, 1.165) is 42.4 Å². The molecule has 2 N–H and O–H groups in total. The van der Waals surface area contributed by atoms with E-state index in [1.807, 2.05) is 0 Å². The average Bonchev–Trinajstić information content (AvgIpc) is 3.62. The molecule has 0 unspecified atom stereocenters. The summed E-state index contributed by atoms with van der Waals surface area (Å²) in [6.07, 6.45) is 2.00. The number of fused-ring (bicyclic) bond motifs is 1. The molecule has 8 nitrogen and oxygen atoms in total. The number of hydrogen-bond donors (Lipinski definition) is 2. The number of rotatable bonds is 9. The molecule has 1 aliphatic carbocycles. The quantitative estimate of drug-likeness (QED) is 0.336. The molecular weight excluding hydrogens is 513 g/mol. The molecular formula is C25H21F3N2O6S. The topological polar surface area (TPSA) is 103 Å².